The highest BCUT2D eigenvalue weighted by molar-refractivity contribution is 9.10. The Hall–Kier alpha value is -0.340. The quantitative estimate of drug-likeness (QED) is 0.735. The van der Waals surface area contributed by atoms with Gasteiger partial charge in [0, 0.05) is 11.0 Å². The summed E-state index contributed by atoms with van der Waals surface area (Å²) in [5.74, 6) is 0. The molecular weight excluding hydrogens is 274 g/mol. The van der Waals surface area contributed by atoms with E-state index in [1.807, 2.05) is 0 Å². The third-order valence-corrected chi connectivity index (χ3v) is 3.56. The zero-order chi connectivity index (χ0) is 12.7. The van der Waals surface area contributed by atoms with Crippen LogP contribution in [-0.4, -0.2) is 13.1 Å². The van der Waals surface area contributed by atoms with Gasteiger partial charge in [-0.05, 0) is 48.9 Å². The van der Waals surface area contributed by atoms with Crippen molar-refractivity contribution in [1.29, 1.82) is 0 Å². The molecule has 2 heteroatoms. The summed E-state index contributed by atoms with van der Waals surface area (Å²) in [6.45, 7) is 9.13. The third-order valence-electron chi connectivity index (χ3n) is 3.03. The van der Waals surface area contributed by atoms with E-state index >= 15 is 0 Å². The predicted molar refractivity (Wildman–Crippen MR) is 79.4 cm³/mol. The van der Waals surface area contributed by atoms with Crippen LogP contribution < -0.4 is 5.32 Å². The van der Waals surface area contributed by atoms with Crippen LogP contribution in [0.1, 0.15) is 39.2 Å². The fourth-order valence-corrected chi connectivity index (χ4v) is 2.09. The minimum Gasteiger partial charge on any atom is -0.316 e. The first-order chi connectivity index (χ1) is 8.03. The number of nitrogens with one attached hydrogen (secondary N) is 1. The van der Waals surface area contributed by atoms with E-state index in [0.717, 1.165) is 24.0 Å². The molecule has 96 valence electrons. The molecule has 0 atom stereocenters. The molecule has 1 nitrogen and oxygen atoms in total. The second kappa shape index (κ2) is 7.17. The second-order valence-corrected chi connectivity index (χ2v) is 6.38. The number of aryl methyl sites for hydroxylation is 1. The van der Waals surface area contributed by atoms with Gasteiger partial charge in [0.15, 0.2) is 0 Å². The maximum absolute atomic E-state index is 3.51. The molecule has 1 rings (SSSR count). The Morgan fingerprint density at radius 3 is 2.41 bits per heavy atom. The fourth-order valence-electron chi connectivity index (χ4n) is 1.83. The normalized spacial score (nSPS) is 11.8. The Balaban J connectivity index is 2.35. The molecule has 0 aliphatic heterocycles. The average molecular weight is 298 g/mol. The monoisotopic (exact) mass is 297 g/mol. The van der Waals surface area contributed by atoms with Crippen LogP contribution in [0.2, 0.25) is 0 Å². The van der Waals surface area contributed by atoms with Gasteiger partial charge in [-0.25, -0.2) is 0 Å². The first kappa shape index (κ1) is 14.7. The molecule has 0 saturated heterocycles. The molecule has 0 fully saturated rings. The van der Waals surface area contributed by atoms with E-state index in [0.29, 0.717) is 5.41 Å². The molecule has 1 aromatic carbocycles. The SMILES string of the molecule is CCCNCC(C)(C)CCc1ccc(Br)cc1. The standard InChI is InChI=1S/C15H24BrN/c1-4-11-17-12-15(2,3)10-9-13-5-7-14(16)8-6-13/h5-8,17H,4,9-12H2,1-3H3. The van der Waals surface area contributed by atoms with Crippen LogP contribution in [0.3, 0.4) is 0 Å². The summed E-state index contributed by atoms with van der Waals surface area (Å²) in [7, 11) is 0. The number of rotatable bonds is 7. The van der Waals surface area contributed by atoms with Crippen molar-refractivity contribution >= 4 is 15.9 Å². The molecule has 0 saturated carbocycles. The molecule has 0 unspecified atom stereocenters. The van der Waals surface area contributed by atoms with Gasteiger partial charge in [0.25, 0.3) is 0 Å². The minimum atomic E-state index is 0.377. The molecule has 0 radical (unpaired) electrons. The number of hydrogen-bond donors (Lipinski definition) is 1. The van der Waals surface area contributed by atoms with Crippen molar-refractivity contribution in [3.05, 3.63) is 34.3 Å². The molecule has 1 N–H and O–H groups in total. The van der Waals surface area contributed by atoms with Crippen LogP contribution in [0.25, 0.3) is 0 Å². The summed E-state index contributed by atoms with van der Waals surface area (Å²) in [4.78, 5) is 0. The highest BCUT2D eigenvalue weighted by Gasteiger charge is 2.16. The van der Waals surface area contributed by atoms with E-state index < -0.39 is 0 Å². The molecule has 0 aromatic heterocycles. The van der Waals surface area contributed by atoms with Crippen molar-refractivity contribution in [1.82, 2.24) is 5.32 Å². The summed E-state index contributed by atoms with van der Waals surface area (Å²) in [5.41, 5.74) is 1.80. The zero-order valence-corrected chi connectivity index (χ0v) is 12.8. The molecule has 0 amide bonds. The lowest BCUT2D eigenvalue weighted by Crippen LogP contribution is -2.30. The summed E-state index contributed by atoms with van der Waals surface area (Å²) in [5, 5.41) is 3.51. The summed E-state index contributed by atoms with van der Waals surface area (Å²) in [6.07, 6.45) is 3.60. The van der Waals surface area contributed by atoms with E-state index in [-0.39, 0.29) is 0 Å². The Morgan fingerprint density at radius 2 is 1.82 bits per heavy atom. The molecule has 0 aliphatic rings. The van der Waals surface area contributed by atoms with E-state index in [9.17, 15) is 0 Å². The van der Waals surface area contributed by atoms with E-state index in [1.165, 1.54) is 18.4 Å². The van der Waals surface area contributed by atoms with E-state index in [2.05, 4.69) is 66.3 Å². The predicted octanol–water partition coefficient (Wildman–Crippen LogP) is 4.41. The topological polar surface area (TPSA) is 12.0 Å². The highest BCUT2D eigenvalue weighted by atomic mass is 79.9. The van der Waals surface area contributed by atoms with Gasteiger partial charge in [0.05, 0.1) is 0 Å². The third kappa shape index (κ3) is 6.23. The van der Waals surface area contributed by atoms with Crippen LogP contribution in [-0.2, 0) is 6.42 Å². The number of benzene rings is 1. The van der Waals surface area contributed by atoms with Gasteiger partial charge in [-0.3, -0.25) is 0 Å². The van der Waals surface area contributed by atoms with Crippen molar-refractivity contribution in [2.24, 2.45) is 5.41 Å². The zero-order valence-electron chi connectivity index (χ0n) is 11.2. The Morgan fingerprint density at radius 1 is 1.18 bits per heavy atom. The Bertz CT molecular complexity index is 316. The lowest BCUT2D eigenvalue weighted by atomic mass is 9.86. The fraction of sp³-hybridized carbons (Fsp3) is 0.600. The summed E-state index contributed by atoms with van der Waals surface area (Å²) in [6, 6.07) is 8.66. The van der Waals surface area contributed by atoms with Crippen molar-refractivity contribution in [3.63, 3.8) is 0 Å². The van der Waals surface area contributed by atoms with Crippen molar-refractivity contribution in [2.45, 2.75) is 40.0 Å². The average Bonchev–Trinajstić information content (AvgIpc) is 2.29. The van der Waals surface area contributed by atoms with Crippen molar-refractivity contribution < 1.29 is 0 Å². The largest absolute Gasteiger partial charge is 0.316 e. The van der Waals surface area contributed by atoms with Gasteiger partial charge in [-0.1, -0.05) is 48.8 Å². The summed E-state index contributed by atoms with van der Waals surface area (Å²) < 4.78 is 1.16. The number of hydrogen-bond acceptors (Lipinski definition) is 1. The maximum atomic E-state index is 3.51. The van der Waals surface area contributed by atoms with Gasteiger partial charge < -0.3 is 5.32 Å². The summed E-state index contributed by atoms with van der Waals surface area (Å²) >= 11 is 3.47. The molecule has 0 aliphatic carbocycles. The van der Waals surface area contributed by atoms with Gasteiger partial charge in [-0.2, -0.15) is 0 Å². The van der Waals surface area contributed by atoms with E-state index in [1.54, 1.807) is 0 Å². The van der Waals surface area contributed by atoms with Gasteiger partial charge in [-0.15, -0.1) is 0 Å². The first-order valence-electron chi connectivity index (χ1n) is 6.49. The lowest BCUT2D eigenvalue weighted by Gasteiger charge is -2.25. The maximum Gasteiger partial charge on any atom is 0.0175 e. The smallest absolute Gasteiger partial charge is 0.0175 e. The second-order valence-electron chi connectivity index (χ2n) is 5.47. The molecule has 0 heterocycles. The highest BCUT2D eigenvalue weighted by Crippen LogP contribution is 2.22. The minimum absolute atomic E-state index is 0.377. The molecule has 0 bridgehead atoms. The van der Waals surface area contributed by atoms with Crippen molar-refractivity contribution in [2.75, 3.05) is 13.1 Å². The van der Waals surface area contributed by atoms with Crippen LogP contribution >= 0.6 is 15.9 Å². The van der Waals surface area contributed by atoms with Crippen LogP contribution in [0.15, 0.2) is 28.7 Å². The van der Waals surface area contributed by atoms with Crippen molar-refractivity contribution in [3.8, 4) is 0 Å². The Kier molecular flexibility index (Phi) is 6.21. The first-order valence-corrected chi connectivity index (χ1v) is 7.28. The number of halogens is 1. The van der Waals surface area contributed by atoms with Gasteiger partial charge in [0.2, 0.25) is 0 Å². The van der Waals surface area contributed by atoms with Gasteiger partial charge >= 0.3 is 0 Å². The van der Waals surface area contributed by atoms with Crippen LogP contribution in [0, 0.1) is 5.41 Å². The lowest BCUT2D eigenvalue weighted by molar-refractivity contribution is 0.315. The molecular formula is C15H24BrN. The molecule has 17 heavy (non-hydrogen) atoms. The molecule has 0 spiro atoms. The van der Waals surface area contributed by atoms with E-state index in [4.69, 9.17) is 0 Å². The van der Waals surface area contributed by atoms with Crippen LogP contribution in [0.5, 0.6) is 0 Å². The molecule has 1 aromatic rings. The Labute approximate surface area is 114 Å². The van der Waals surface area contributed by atoms with Gasteiger partial charge in [0.1, 0.15) is 0 Å². The van der Waals surface area contributed by atoms with Crippen LogP contribution in [0.4, 0.5) is 0 Å².